The Morgan fingerprint density at radius 3 is 2.35 bits per heavy atom. The maximum atomic E-state index is 6.32. The van der Waals surface area contributed by atoms with Gasteiger partial charge in [-0.05, 0) is 0 Å². The number of rotatable bonds is 1. The van der Waals surface area contributed by atoms with Crippen molar-refractivity contribution in [3.63, 3.8) is 0 Å². The molecule has 3 aromatic rings. The zero-order valence-electron chi connectivity index (χ0n) is 10.6. The van der Waals surface area contributed by atoms with E-state index in [0.29, 0.717) is 0 Å². The van der Waals surface area contributed by atoms with Crippen molar-refractivity contribution in [2.75, 3.05) is 0 Å². The Labute approximate surface area is 129 Å². The summed E-state index contributed by atoms with van der Waals surface area (Å²) in [7, 11) is 0. The number of benzene rings is 3. The number of halogens is 1. The Morgan fingerprint density at radius 1 is 0.800 bits per heavy atom. The predicted molar refractivity (Wildman–Crippen MR) is 87.7 cm³/mol. The van der Waals surface area contributed by atoms with E-state index in [2.05, 4.69) is 35.0 Å². The summed E-state index contributed by atoms with van der Waals surface area (Å²) in [5, 5.41) is 3.12. The van der Waals surface area contributed by atoms with Crippen LogP contribution in [0.2, 0.25) is 5.02 Å². The van der Waals surface area contributed by atoms with E-state index < -0.39 is 0 Å². The molecule has 0 heterocycles. The molecular formula is C18H11ClSe. The zero-order valence-corrected chi connectivity index (χ0v) is 13.1. The van der Waals surface area contributed by atoms with Crippen LogP contribution < -0.4 is 4.46 Å². The van der Waals surface area contributed by atoms with Crippen LogP contribution in [0.4, 0.5) is 0 Å². The summed E-state index contributed by atoms with van der Waals surface area (Å²) in [5.74, 6) is 3.21. The monoisotopic (exact) mass is 342 g/mol. The molecule has 3 rings (SSSR count). The summed E-state index contributed by atoms with van der Waals surface area (Å²) in [4.78, 5) is 3.29. The van der Waals surface area contributed by atoms with E-state index in [0.717, 1.165) is 16.0 Å². The normalized spacial score (nSPS) is 10.1. The van der Waals surface area contributed by atoms with Gasteiger partial charge in [-0.3, -0.25) is 0 Å². The predicted octanol–water partition coefficient (Wildman–Crippen LogP) is 3.83. The van der Waals surface area contributed by atoms with Crippen LogP contribution >= 0.6 is 11.6 Å². The fourth-order valence-corrected chi connectivity index (χ4v) is 4.00. The van der Waals surface area contributed by atoms with Gasteiger partial charge in [-0.1, -0.05) is 0 Å². The van der Waals surface area contributed by atoms with E-state index in [-0.39, 0.29) is 15.0 Å². The van der Waals surface area contributed by atoms with Gasteiger partial charge >= 0.3 is 130 Å². The molecule has 0 aliphatic heterocycles. The molecule has 20 heavy (non-hydrogen) atoms. The van der Waals surface area contributed by atoms with Gasteiger partial charge in [0.05, 0.1) is 0 Å². The summed E-state index contributed by atoms with van der Waals surface area (Å²) in [6.45, 7) is 0. The standard InChI is InChI=1S/C18H11ClSe/c19-16-10-4-8-15-9-5-11-17(18(15)16)20-13-12-14-6-2-1-3-7-14/h1-11H. The van der Waals surface area contributed by atoms with Gasteiger partial charge in [-0.2, -0.15) is 0 Å². The average Bonchev–Trinajstić information content (AvgIpc) is 2.49. The molecule has 0 N–H and O–H groups in total. The van der Waals surface area contributed by atoms with Gasteiger partial charge in [-0.15, -0.1) is 0 Å². The summed E-state index contributed by atoms with van der Waals surface area (Å²) in [6, 6.07) is 22.4. The van der Waals surface area contributed by atoms with Crippen LogP contribution in [0.5, 0.6) is 0 Å². The Hall–Kier alpha value is -1.71. The number of hydrogen-bond acceptors (Lipinski definition) is 0. The van der Waals surface area contributed by atoms with Crippen LogP contribution in [0.1, 0.15) is 5.56 Å². The zero-order chi connectivity index (χ0) is 13.8. The van der Waals surface area contributed by atoms with Crippen molar-refractivity contribution in [1.29, 1.82) is 0 Å². The molecule has 0 saturated carbocycles. The fourth-order valence-electron chi connectivity index (χ4n) is 2.01. The van der Waals surface area contributed by atoms with Crippen molar-refractivity contribution in [2.24, 2.45) is 0 Å². The van der Waals surface area contributed by atoms with E-state index in [9.17, 15) is 0 Å². The molecule has 0 fully saturated rings. The summed E-state index contributed by atoms with van der Waals surface area (Å²) >= 11 is 6.42. The average molecular weight is 342 g/mol. The van der Waals surface area contributed by atoms with Gasteiger partial charge in [0.2, 0.25) is 0 Å². The molecule has 0 radical (unpaired) electrons. The SMILES string of the molecule is Clc1cccc2cccc([Se]C#Cc3ccccc3)c12. The molecular weight excluding hydrogens is 331 g/mol. The molecule has 0 atom stereocenters. The summed E-state index contributed by atoms with van der Waals surface area (Å²) in [6.07, 6.45) is 0. The first-order valence-corrected chi connectivity index (χ1v) is 8.34. The van der Waals surface area contributed by atoms with E-state index >= 15 is 0 Å². The molecule has 0 aliphatic carbocycles. The summed E-state index contributed by atoms with van der Waals surface area (Å²) in [5.41, 5.74) is 1.06. The van der Waals surface area contributed by atoms with E-state index in [1.807, 2.05) is 42.5 Å². The van der Waals surface area contributed by atoms with Crippen LogP contribution in [0.25, 0.3) is 10.8 Å². The topological polar surface area (TPSA) is 0 Å². The molecule has 0 aromatic heterocycles. The van der Waals surface area contributed by atoms with E-state index in [1.165, 1.54) is 9.85 Å². The second kappa shape index (κ2) is 6.16. The Morgan fingerprint density at radius 2 is 1.55 bits per heavy atom. The summed E-state index contributed by atoms with van der Waals surface area (Å²) < 4.78 is 1.24. The Kier molecular flexibility index (Phi) is 4.09. The van der Waals surface area contributed by atoms with Crippen LogP contribution in [-0.2, 0) is 0 Å². The molecule has 2 heteroatoms. The molecule has 0 unspecified atom stereocenters. The maximum absolute atomic E-state index is 6.32. The van der Waals surface area contributed by atoms with Gasteiger partial charge in [0.1, 0.15) is 0 Å². The molecule has 0 saturated heterocycles. The molecule has 0 bridgehead atoms. The minimum absolute atomic E-state index is 0.0976. The van der Waals surface area contributed by atoms with Crippen molar-refractivity contribution in [3.8, 4) is 10.7 Å². The molecule has 0 aliphatic rings. The minimum atomic E-state index is 0.0976. The Balaban J connectivity index is 1.95. The van der Waals surface area contributed by atoms with Crippen LogP contribution in [-0.4, -0.2) is 15.0 Å². The van der Waals surface area contributed by atoms with Crippen molar-refractivity contribution in [2.45, 2.75) is 0 Å². The Bertz CT molecular complexity index is 793. The first kappa shape index (κ1) is 13.3. The van der Waals surface area contributed by atoms with Crippen LogP contribution in [0.3, 0.4) is 0 Å². The molecule has 3 aromatic carbocycles. The number of fused-ring (bicyclic) bond motifs is 1. The molecule has 96 valence electrons. The van der Waals surface area contributed by atoms with Crippen molar-refractivity contribution >= 4 is 41.8 Å². The van der Waals surface area contributed by atoms with Gasteiger partial charge in [0, 0.05) is 0 Å². The van der Waals surface area contributed by atoms with Gasteiger partial charge in [0.25, 0.3) is 0 Å². The van der Waals surface area contributed by atoms with Gasteiger partial charge in [-0.25, -0.2) is 0 Å². The third-order valence-electron chi connectivity index (χ3n) is 2.95. The third kappa shape index (κ3) is 2.89. The van der Waals surface area contributed by atoms with E-state index in [4.69, 9.17) is 11.6 Å². The third-order valence-corrected chi connectivity index (χ3v) is 4.86. The van der Waals surface area contributed by atoms with E-state index in [1.54, 1.807) is 0 Å². The van der Waals surface area contributed by atoms with Crippen molar-refractivity contribution < 1.29 is 0 Å². The van der Waals surface area contributed by atoms with Crippen molar-refractivity contribution in [1.82, 2.24) is 0 Å². The number of hydrogen-bond donors (Lipinski definition) is 0. The van der Waals surface area contributed by atoms with Gasteiger partial charge < -0.3 is 0 Å². The fraction of sp³-hybridized carbons (Fsp3) is 0. The second-order valence-corrected chi connectivity index (χ2v) is 6.48. The molecule has 0 nitrogen and oxygen atoms in total. The molecule has 0 amide bonds. The first-order valence-electron chi connectivity index (χ1n) is 6.25. The second-order valence-electron chi connectivity index (χ2n) is 4.29. The first-order chi connectivity index (χ1) is 9.84. The van der Waals surface area contributed by atoms with Crippen LogP contribution in [0.15, 0.2) is 66.7 Å². The van der Waals surface area contributed by atoms with Gasteiger partial charge in [0.15, 0.2) is 0 Å². The molecule has 0 spiro atoms. The van der Waals surface area contributed by atoms with Crippen molar-refractivity contribution in [3.05, 3.63) is 77.3 Å². The quantitative estimate of drug-likeness (QED) is 0.466. The van der Waals surface area contributed by atoms with Crippen LogP contribution in [0, 0.1) is 10.7 Å².